The van der Waals surface area contributed by atoms with Crippen LogP contribution in [0.5, 0.6) is 0 Å². The summed E-state index contributed by atoms with van der Waals surface area (Å²) in [5, 5.41) is 12.7. The van der Waals surface area contributed by atoms with Gasteiger partial charge in [0.1, 0.15) is 0 Å². The molecule has 0 aromatic carbocycles. The molecule has 2 N–H and O–H groups in total. The van der Waals surface area contributed by atoms with Gasteiger partial charge >= 0.3 is 0 Å². The number of aliphatic hydroxyl groups is 1. The predicted molar refractivity (Wildman–Crippen MR) is 45.4 cm³/mol. The molecule has 60 valence electrons. The molecule has 1 rings (SSSR count). The summed E-state index contributed by atoms with van der Waals surface area (Å²) < 4.78 is 0. The smallest absolute Gasteiger partial charge is 0.0464 e. The Bertz CT molecular complexity index is 90.9. The average molecular weight is 161 g/mol. The van der Waals surface area contributed by atoms with Crippen molar-refractivity contribution < 1.29 is 5.11 Å². The summed E-state index contributed by atoms with van der Waals surface area (Å²) in [7, 11) is 0. The number of rotatable bonds is 4. The van der Waals surface area contributed by atoms with Gasteiger partial charge in [0, 0.05) is 24.9 Å². The topological polar surface area (TPSA) is 32.3 Å². The summed E-state index contributed by atoms with van der Waals surface area (Å²) in [5.74, 6) is 1.56. The van der Waals surface area contributed by atoms with Crippen molar-refractivity contribution in [3.8, 4) is 0 Å². The van der Waals surface area contributed by atoms with Crippen LogP contribution < -0.4 is 5.32 Å². The van der Waals surface area contributed by atoms with Gasteiger partial charge in [0.25, 0.3) is 0 Å². The molecule has 0 aromatic heterocycles. The van der Waals surface area contributed by atoms with E-state index < -0.39 is 0 Å². The van der Waals surface area contributed by atoms with E-state index in [1.165, 1.54) is 0 Å². The van der Waals surface area contributed by atoms with Gasteiger partial charge in [-0.2, -0.15) is 11.8 Å². The molecule has 0 saturated carbocycles. The van der Waals surface area contributed by atoms with E-state index in [0.717, 1.165) is 24.1 Å². The molecule has 2 nitrogen and oxygen atoms in total. The molecule has 1 atom stereocenters. The highest BCUT2D eigenvalue weighted by molar-refractivity contribution is 8.00. The second-order valence-electron chi connectivity index (χ2n) is 2.90. The normalized spacial score (nSPS) is 22.2. The van der Waals surface area contributed by atoms with Gasteiger partial charge in [0.15, 0.2) is 0 Å². The van der Waals surface area contributed by atoms with Crippen molar-refractivity contribution >= 4 is 11.8 Å². The molecule has 0 aliphatic carbocycles. The molecule has 3 heteroatoms. The number of hydrogen-bond acceptors (Lipinski definition) is 3. The van der Waals surface area contributed by atoms with E-state index in [0.29, 0.717) is 12.5 Å². The van der Waals surface area contributed by atoms with Crippen molar-refractivity contribution in [2.75, 3.05) is 25.4 Å². The summed E-state index contributed by atoms with van der Waals surface area (Å²) in [6.45, 7) is 4.72. The van der Waals surface area contributed by atoms with Crippen LogP contribution in [0.1, 0.15) is 6.92 Å². The molecule has 0 amide bonds. The molecule has 0 bridgehead atoms. The highest BCUT2D eigenvalue weighted by Gasteiger charge is 2.17. The van der Waals surface area contributed by atoms with E-state index >= 15 is 0 Å². The van der Waals surface area contributed by atoms with Crippen molar-refractivity contribution in [3.05, 3.63) is 0 Å². The zero-order valence-corrected chi connectivity index (χ0v) is 7.16. The highest BCUT2D eigenvalue weighted by atomic mass is 32.2. The van der Waals surface area contributed by atoms with E-state index in [2.05, 4.69) is 12.2 Å². The minimum absolute atomic E-state index is 0.327. The van der Waals surface area contributed by atoms with Crippen molar-refractivity contribution in [1.82, 2.24) is 5.32 Å². The van der Waals surface area contributed by atoms with Crippen LogP contribution >= 0.6 is 11.8 Å². The lowest BCUT2D eigenvalue weighted by Crippen LogP contribution is -2.44. The molecule has 1 unspecified atom stereocenters. The fraction of sp³-hybridized carbons (Fsp3) is 1.00. The quantitative estimate of drug-likeness (QED) is 0.623. The third-order valence-electron chi connectivity index (χ3n) is 1.67. The zero-order valence-electron chi connectivity index (χ0n) is 6.34. The van der Waals surface area contributed by atoms with Gasteiger partial charge in [0.05, 0.1) is 0 Å². The van der Waals surface area contributed by atoms with Gasteiger partial charge in [-0.1, -0.05) is 6.92 Å². The molecule has 1 aliphatic heterocycles. The van der Waals surface area contributed by atoms with Crippen LogP contribution in [0.25, 0.3) is 0 Å². The Morgan fingerprint density at radius 1 is 1.70 bits per heavy atom. The first kappa shape index (κ1) is 8.37. The lowest BCUT2D eigenvalue weighted by Gasteiger charge is -2.27. The number of hydrogen-bond donors (Lipinski definition) is 2. The molecule has 1 aliphatic rings. The second kappa shape index (κ2) is 4.21. The SMILES string of the molecule is CC(CO)CSC1CNC1. The lowest BCUT2D eigenvalue weighted by atomic mass is 10.2. The Kier molecular flexibility index (Phi) is 3.52. The third-order valence-corrected chi connectivity index (χ3v) is 3.24. The fourth-order valence-corrected chi connectivity index (χ4v) is 1.91. The number of aliphatic hydroxyl groups excluding tert-OH is 1. The van der Waals surface area contributed by atoms with Crippen LogP contribution in [-0.2, 0) is 0 Å². The maximum absolute atomic E-state index is 8.71. The molecular weight excluding hydrogens is 146 g/mol. The maximum Gasteiger partial charge on any atom is 0.0464 e. The highest BCUT2D eigenvalue weighted by Crippen LogP contribution is 2.17. The maximum atomic E-state index is 8.71. The first-order chi connectivity index (χ1) is 4.83. The molecule has 0 spiro atoms. The Balaban J connectivity index is 1.93. The summed E-state index contributed by atoms with van der Waals surface area (Å²) in [4.78, 5) is 0. The summed E-state index contributed by atoms with van der Waals surface area (Å²) in [6, 6.07) is 0. The van der Waals surface area contributed by atoms with Crippen LogP contribution in [-0.4, -0.2) is 35.8 Å². The van der Waals surface area contributed by atoms with Crippen LogP contribution in [0, 0.1) is 5.92 Å². The monoisotopic (exact) mass is 161 g/mol. The van der Waals surface area contributed by atoms with Crippen molar-refractivity contribution in [2.45, 2.75) is 12.2 Å². The first-order valence-electron chi connectivity index (χ1n) is 3.76. The first-order valence-corrected chi connectivity index (χ1v) is 4.81. The second-order valence-corrected chi connectivity index (χ2v) is 4.23. The summed E-state index contributed by atoms with van der Waals surface area (Å²) in [5.41, 5.74) is 0. The number of nitrogens with one attached hydrogen (secondary N) is 1. The van der Waals surface area contributed by atoms with Crippen LogP contribution in [0.3, 0.4) is 0 Å². The lowest BCUT2D eigenvalue weighted by molar-refractivity contribution is 0.250. The predicted octanol–water partition coefficient (Wildman–Crippen LogP) is 0.320. The molecule has 1 heterocycles. The van der Waals surface area contributed by atoms with E-state index in [4.69, 9.17) is 5.11 Å². The van der Waals surface area contributed by atoms with Crippen molar-refractivity contribution in [3.63, 3.8) is 0 Å². The molecule has 0 aromatic rings. The Hall–Kier alpha value is 0.270. The van der Waals surface area contributed by atoms with Gasteiger partial charge in [0.2, 0.25) is 0 Å². The van der Waals surface area contributed by atoms with Gasteiger partial charge in [-0.25, -0.2) is 0 Å². The van der Waals surface area contributed by atoms with Crippen LogP contribution in [0.2, 0.25) is 0 Å². The summed E-state index contributed by atoms with van der Waals surface area (Å²) >= 11 is 1.97. The van der Waals surface area contributed by atoms with Crippen molar-refractivity contribution in [2.24, 2.45) is 5.92 Å². The Labute approximate surface area is 66.4 Å². The minimum atomic E-state index is 0.327. The van der Waals surface area contributed by atoms with Crippen molar-refractivity contribution in [1.29, 1.82) is 0 Å². The largest absolute Gasteiger partial charge is 0.396 e. The van der Waals surface area contributed by atoms with E-state index in [-0.39, 0.29) is 0 Å². The zero-order chi connectivity index (χ0) is 7.40. The fourth-order valence-electron chi connectivity index (χ4n) is 0.733. The van der Waals surface area contributed by atoms with E-state index in [9.17, 15) is 0 Å². The third kappa shape index (κ3) is 2.48. The van der Waals surface area contributed by atoms with Crippen LogP contribution in [0.15, 0.2) is 0 Å². The standard InChI is InChI=1S/C7H15NOS/c1-6(4-9)5-10-7-2-8-3-7/h6-9H,2-5H2,1H3. The number of thioether (sulfide) groups is 1. The molecule has 1 fully saturated rings. The molecule has 10 heavy (non-hydrogen) atoms. The van der Waals surface area contributed by atoms with Gasteiger partial charge in [-0.05, 0) is 11.7 Å². The Morgan fingerprint density at radius 2 is 2.40 bits per heavy atom. The molecule has 0 radical (unpaired) electrons. The molecular formula is C7H15NOS. The van der Waals surface area contributed by atoms with E-state index in [1.54, 1.807) is 0 Å². The average Bonchev–Trinajstić information content (AvgIpc) is 1.84. The van der Waals surface area contributed by atoms with Gasteiger partial charge in [-0.15, -0.1) is 0 Å². The summed E-state index contributed by atoms with van der Waals surface area (Å²) in [6.07, 6.45) is 0. The van der Waals surface area contributed by atoms with Gasteiger partial charge < -0.3 is 10.4 Å². The van der Waals surface area contributed by atoms with Crippen LogP contribution in [0.4, 0.5) is 0 Å². The van der Waals surface area contributed by atoms with Gasteiger partial charge in [-0.3, -0.25) is 0 Å². The molecule has 1 saturated heterocycles. The minimum Gasteiger partial charge on any atom is -0.396 e. The Morgan fingerprint density at radius 3 is 2.80 bits per heavy atom. The van der Waals surface area contributed by atoms with E-state index in [1.807, 2.05) is 11.8 Å².